The lowest BCUT2D eigenvalue weighted by Gasteiger charge is -2.37. The van der Waals surface area contributed by atoms with Crippen LogP contribution < -0.4 is 27.0 Å². The van der Waals surface area contributed by atoms with Crippen molar-refractivity contribution < 1.29 is 23.2 Å². The van der Waals surface area contributed by atoms with Crippen molar-refractivity contribution in [2.45, 2.75) is 64.0 Å². The number of rotatable bonds is 11. The highest BCUT2D eigenvalue weighted by atomic mass is 19.3. The molecule has 2 saturated heterocycles. The first-order chi connectivity index (χ1) is 26.9. The van der Waals surface area contributed by atoms with Gasteiger partial charge in [0.1, 0.15) is 17.6 Å². The number of hydrogen-bond donors (Lipinski definition) is 6. The molecule has 0 bridgehead atoms. The van der Waals surface area contributed by atoms with Gasteiger partial charge in [-0.05, 0) is 63.2 Å². The summed E-state index contributed by atoms with van der Waals surface area (Å²) in [5.74, 6) is 5.50. The van der Waals surface area contributed by atoms with Crippen LogP contribution in [0.3, 0.4) is 0 Å². The van der Waals surface area contributed by atoms with E-state index in [2.05, 4.69) is 47.9 Å². The van der Waals surface area contributed by atoms with Gasteiger partial charge in [0.05, 0.1) is 34.4 Å². The van der Waals surface area contributed by atoms with Gasteiger partial charge in [0.2, 0.25) is 11.8 Å². The van der Waals surface area contributed by atoms with Crippen molar-refractivity contribution in [1.82, 2.24) is 40.2 Å². The number of alkyl halides is 2. The maximum atomic E-state index is 13.6. The van der Waals surface area contributed by atoms with Crippen LogP contribution in [0.25, 0.3) is 11.0 Å². The van der Waals surface area contributed by atoms with E-state index >= 15 is 0 Å². The van der Waals surface area contributed by atoms with Crippen LogP contribution in [0, 0.1) is 28.6 Å². The van der Waals surface area contributed by atoms with Crippen molar-refractivity contribution in [2.75, 3.05) is 39.3 Å². The van der Waals surface area contributed by atoms with Crippen LogP contribution in [0.5, 0.6) is 0 Å². The highest BCUT2D eigenvalue weighted by Gasteiger charge is 2.32. The number of aromatic nitrogens is 2. The maximum absolute atomic E-state index is 13.6. The lowest BCUT2D eigenvalue weighted by molar-refractivity contribution is -0.135. The number of para-hydroxylation sites is 1. The van der Waals surface area contributed by atoms with Gasteiger partial charge in [0.25, 0.3) is 12.3 Å². The zero-order chi connectivity index (χ0) is 39.9. The predicted octanol–water partition coefficient (Wildman–Crippen LogP) is 2.12. The molecular formula is C39H47F2N11O4. The van der Waals surface area contributed by atoms with Crippen LogP contribution in [0.15, 0.2) is 63.6 Å². The molecule has 1 aliphatic carbocycles. The molecule has 15 nitrogen and oxygen atoms in total. The van der Waals surface area contributed by atoms with E-state index in [0.717, 1.165) is 64.6 Å². The van der Waals surface area contributed by atoms with Crippen molar-refractivity contribution in [2.24, 2.45) is 18.0 Å². The third kappa shape index (κ3) is 9.20. The fraction of sp³-hybridized carbons (Fsp3) is 0.462. The molecule has 3 aliphatic heterocycles. The second-order valence-electron chi connectivity index (χ2n) is 14.5. The normalized spacial score (nSPS) is 23.1. The first kappa shape index (κ1) is 39.9. The Hall–Kier alpha value is -5.73. The quantitative estimate of drug-likeness (QED) is 0.0866. The summed E-state index contributed by atoms with van der Waals surface area (Å²) in [5, 5.41) is 26.2. The number of nitrogens with zero attached hydrogens (tertiary/aromatic N) is 5. The molecular weight excluding hydrogens is 724 g/mol. The summed E-state index contributed by atoms with van der Waals surface area (Å²) in [6.07, 6.45) is 6.18. The van der Waals surface area contributed by atoms with Crippen molar-refractivity contribution in [3.63, 3.8) is 0 Å². The third-order valence-electron chi connectivity index (χ3n) is 10.7. The lowest BCUT2D eigenvalue weighted by atomic mass is 9.85. The molecule has 4 aliphatic rings. The van der Waals surface area contributed by atoms with Gasteiger partial charge in [-0.2, -0.15) is 0 Å². The van der Waals surface area contributed by atoms with Gasteiger partial charge in [0, 0.05) is 76.6 Å². The number of imide groups is 1. The third-order valence-corrected chi connectivity index (χ3v) is 10.7. The van der Waals surface area contributed by atoms with Gasteiger partial charge < -0.3 is 26.3 Å². The number of piperidine rings is 1. The summed E-state index contributed by atoms with van der Waals surface area (Å²) in [6, 6.07) is 4.74. The van der Waals surface area contributed by atoms with Crippen molar-refractivity contribution >= 4 is 46.4 Å². The molecule has 56 heavy (non-hydrogen) atoms. The summed E-state index contributed by atoms with van der Waals surface area (Å²) in [6.45, 7) is 6.80. The number of allylic oxidation sites excluding steroid dienone is 2. The van der Waals surface area contributed by atoms with Gasteiger partial charge in [-0.1, -0.05) is 17.9 Å². The van der Waals surface area contributed by atoms with Gasteiger partial charge >= 0.3 is 5.69 Å². The molecule has 6 rings (SSSR count). The Morgan fingerprint density at radius 2 is 1.82 bits per heavy atom. The molecule has 1 unspecified atom stereocenters. The molecule has 1 aromatic heterocycles. The first-order valence-corrected chi connectivity index (χ1v) is 18.8. The number of fused-ring (bicyclic) bond motifs is 1. The molecule has 0 spiro atoms. The van der Waals surface area contributed by atoms with Crippen molar-refractivity contribution in [3.05, 3.63) is 69.8 Å². The highest BCUT2D eigenvalue weighted by molar-refractivity contribution is 6.15. The molecule has 3 fully saturated rings. The molecule has 0 radical (unpaired) electrons. The van der Waals surface area contributed by atoms with Gasteiger partial charge in [0.15, 0.2) is 0 Å². The van der Waals surface area contributed by atoms with E-state index < -0.39 is 30.0 Å². The molecule has 3 amide bonds. The molecule has 296 valence electrons. The number of aliphatic imine (C=N–C) groups is 1. The Labute approximate surface area is 323 Å². The van der Waals surface area contributed by atoms with Crippen LogP contribution in [-0.4, -0.2) is 106 Å². The Morgan fingerprint density at radius 3 is 2.50 bits per heavy atom. The molecule has 6 N–H and O–H groups in total. The minimum atomic E-state index is -3.10. The van der Waals surface area contributed by atoms with Crippen molar-refractivity contribution in [1.29, 1.82) is 10.8 Å². The van der Waals surface area contributed by atoms with E-state index in [0.29, 0.717) is 34.8 Å². The van der Waals surface area contributed by atoms with Gasteiger partial charge in [-0.3, -0.25) is 39.1 Å². The molecule has 1 aromatic carbocycles. The first-order valence-electron chi connectivity index (χ1n) is 18.8. The average Bonchev–Trinajstić information content (AvgIpc) is 3.43. The monoisotopic (exact) mass is 771 g/mol. The van der Waals surface area contributed by atoms with Crippen LogP contribution >= 0.6 is 0 Å². The van der Waals surface area contributed by atoms with E-state index in [1.807, 2.05) is 12.1 Å². The Kier molecular flexibility index (Phi) is 12.7. The summed E-state index contributed by atoms with van der Waals surface area (Å²) < 4.78 is 30.1. The Morgan fingerprint density at radius 1 is 1.09 bits per heavy atom. The topological polar surface area (TPSA) is 193 Å². The minimum Gasteiger partial charge on any atom is -0.386 e. The highest BCUT2D eigenvalue weighted by Crippen LogP contribution is 2.27. The van der Waals surface area contributed by atoms with Crippen LogP contribution in [0.2, 0.25) is 0 Å². The van der Waals surface area contributed by atoms with E-state index in [9.17, 15) is 28.0 Å². The standard InChI is InChI=1S/C39H47F2N11O4/c1-24-14-15-44-36(46-24)28(21-42)37(54)47-29(33(43)35(40)41)22-45-27-10-8-25(9-11-27)23-51-19-17-50(18-20-51)16-4-6-26-5-3-7-30-34(26)49(2)39(56)52(30)31-12-13-32(53)48-38(31)55/h3,5,7,14-15,21-22,25,27,31,35,42-45H,8-13,16-20,23H2,1-2H3,(H,47,54)(H,48,53,55)/b29-22+,36-28-,42-21?,43-33?/t25-,27-,31?. The summed E-state index contributed by atoms with van der Waals surface area (Å²) in [5.41, 5.74) is 0.708. The number of carbonyl (C=O) groups excluding carboxylic acids is 3. The number of amides is 3. The number of benzene rings is 1. The summed E-state index contributed by atoms with van der Waals surface area (Å²) in [7, 11) is 1.67. The van der Waals surface area contributed by atoms with Crippen LogP contribution in [0.4, 0.5) is 8.78 Å². The number of aryl methyl sites for hydroxylation is 1. The van der Waals surface area contributed by atoms with Crippen LogP contribution in [-0.2, 0) is 21.4 Å². The summed E-state index contributed by atoms with van der Waals surface area (Å²) >= 11 is 0. The van der Waals surface area contributed by atoms with E-state index in [-0.39, 0.29) is 47.6 Å². The number of nitrogens with one attached hydrogen (secondary N) is 6. The number of hydrogen-bond acceptors (Lipinski definition) is 11. The molecule has 2 aromatic rings. The number of carbonyl (C=O) groups is 3. The Bertz CT molecular complexity index is 2140. The average molecular weight is 772 g/mol. The largest absolute Gasteiger partial charge is 0.386 e. The zero-order valence-corrected chi connectivity index (χ0v) is 31.5. The van der Waals surface area contributed by atoms with E-state index in [1.54, 1.807) is 32.3 Å². The van der Waals surface area contributed by atoms with Gasteiger partial charge in [-0.25, -0.2) is 18.6 Å². The zero-order valence-electron chi connectivity index (χ0n) is 31.5. The summed E-state index contributed by atoms with van der Waals surface area (Å²) in [4.78, 5) is 59.4. The number of halogens is 2. The SMILES string of the molecule is CC1=N/C(=C(/C=N)C(=O)N/C(=C/N[C@H]2CC[C@H](CN3CCN(CC#Cc4cccc5c4n(C)c(=O)n5C4CCC(=O)NC4=O)CC3)CC2)C(=N)C(F)F)NC=C1. The second-order valence-corrected chi connectivity index (χ2v) is 14.5. The van der Waals surface area contributed by atoms with Gasteiger partial charge in [-0.15, -0.1) is 0 Å². The molecule has 1 saturated carbocycles. The van der Waals surface area contributed by atoms with Crippen LogP contribution in [0.1, 0.15) is 57.1 Å². The Balaban J connectivity index is 0.975. The predicted molar refractivity (Wildman–Crippen MR) is 208 cm³/mol. The fourth-order valence-electron chi connectivity index (χ4n) is 7.58. The van der Waals surface area contributed by atoms with E-state index in [4.69, 9.17) is 10.8 Å². The molecule has 17 heteroatoms. The fourth-order valence-corrected chi connectivity index (χ4v) is 7.58. The molecule has 4 heterocycles. The maximum Gasteiger partial charge on any atom is 0.329 e. The second kappa shape index (κ2) is 17.8. The number of imidazole rings is 1. The smallest absolute Gasteiger partial charge is 0.329 e. The van der Waals surface area contributed by atoms with Crippen molar-refractivity contribution in [3.8, 4) is 11.8 Å². The number of piperazine rings is 1. The van der Waals surface area contributed by atoms with E-state index in [1.165, 1.54) is 15.3 Å². The minimum absolute atomic E-state index is 0.00117. The molecule has 1 atom stereocenters. The lowest BCUT2D eigenvalue weighted by Crippen LogP contribution is -2.48.